The molecule has 98 valence electrons. The standard InChI is InChI=1S/C8H18S8/c9-3-1-2-7(10)4-13-14-5-8(11)6-15-16-12/h7-12H,1-6H2. The maximum Gasteiger partial charge on any atom is 0.0215 e. The van der Waals surface area contributed by atoms with Crippen LogP contribution in [0.5, 0.6) is 0 Å². The summed E-state index contributed by atoms with van der Waals surface area (Å²) in [4.78, 5) is 0. The summed E-state index contributed by atoms with van der Waals surface area (Å²) in [5.74, 6) is 4.21. The third-order valence-electron chi connectivity index (χ3n) is 1.61. The summed E-state index contributed by atoms with van der Waals surface area (Å²) >= 11 is 17.3. The topological polar surface area (TPSA) is 0 Å². The van der Waals surface area contributed by atoms with Gasteiger partial charge in [0.1, 0.15) is 0 Å². The Kier molecular flexibility index (Phi) is 16.7. The van der Waals surface area contributed by atoms with Crippen LogP contribution >= 0.6 is 91.8 Å². The van der Waals surface area contributed by atoms with Gasteiger partial charge in [0.25, 0.3) is 0 Å². The van der Waals surface area contributed by atoms with E-state index < -0.39 is 0 Å². The Labute approximate surface area is 137 Å². The highest BCUT2D eigenvalue weighted by Crippen LogP contribution is 2.30. The molecule has 0 radical (unpaired) electrons. The summed E-state index contributed by atoms with van der Waals surface area (Å²) in [6.45, 7) is 0. The first kappa shape index (κ1) is 18.8. The van der Waals surface area contributed by atoms with Crippen LogP contribution in [0.1, 0.15) is 12.8 Å². The lowest BCUT2D eigenvalue weighted by atomic mass is 10.3. The third-order valence-corrected chi connectivity index (χ3v) is 8.35. The van der Waals surface area contributed by atoms with Crippen molar-refractivity contribution >= 4 is 91.8 Å². The van der Waals surface area contributed by atoms with E-state index in [1.54, 1.807) is 10.8 Å². The summed E-state index contributed by atoms with van der Waals surface area (Å²) in [5.41, 5.74) is 0. The van der Waals surface area contributed by atoms with E-state index in [1.807, 2.05) is 21.6 Å². The molecule has 0 aromatic carbocycles. The zero-order valence-electron chi connectivity index (χ0n) is 8.82. The molecular weight excluding hydrogens is 353 g/mol. The van der Waals surface area contributed by atoms with Crippen molar-refractivity contribution < 1.29 is 0 Å². The van der Waals surface area contributed by atoms with E-state index >= 15 is 0 Å². The minimum absolute atomic E-state index is 0.456. The molecule has 0 heterocycles. The fourth-order valence-corrected chi connectivity index (χ4v) is 6.83. The Hall–Kier alpha value is 2.80. The molecule has 0 aromatic heterocycles. The van der Waals surface area contributed by atoms with E-state index in [4.69, 9.17) is 0 Å². The van der Waals surface area contributed by atoms with Gasteiger partial charge in [-0.1, -0.05) is 44.0 Å². The van der Waals surface area contributed by atoms with E-state index in [0.29, 0.717) is 10.5 Å². The molecule has 0 N–H and O–H groups in total. The Morgan fingerprint density at radius 1 is 0.875 bits per heavy atom. The average molecular weight is 371 g/mol. The summed E-state index contributed by atoms with van der Waals surface area (Å²) in [5, 5.41) is 0.961. The van der Waals surface area contributed by atoms with E-state index in [9.17, 15) is 0 Å². The first-order valence-electron chi connectivity index (χ1n) is 4.85. The molecule has 0 saturated heterocycles. The molecule has 0 aliphatic rings. The van der Waals surface area contributed by atoms with E-state index in [1.165, 1.54) is 9.83 Å². The van der Waals surface area contributed by atoms with Gasteiger partial charge in [-0.2, -0.15) is 37.9 Å². The van der Waals surface area contributed by atoms with Gasteiger partial charge in [-0.15, -0.1) is 0 Å². The molecule has 2 atom stereocenters. The van der Waals surface area contributed by atoms with Crippen molar-refractivity contribution in [2.45, 2.75) is 23.3 Å². The molecule has 0 bridgehead atoms. The molecule has 0 fully saturated rings. The second-order valence-electron chi connectivity index (χ2n) is 3.10. The molecule has 0 amide bonds. The van der Waals surface area contributed by atoms with Crippen molar-refractivity contribution in [3.05, 3.63) is 0 Å². The predicted octanol–water partition coefficient (Wildman–Crippen LogP) is 4.90. The second kappa shape index (κ2) is 14.2. The Balaban J connectivity index is 3.24. The van der Waals surface area contributed by atoms with Gasteiger partial charge in [0.2, 0.25) is 0 Å². The van der Waals surface area contributed by atoms with E-state index in [0.717, 1.165) is 35.9 Å². The molecule has 0 aliphatic carbocycles. The molecule has 8 heteroatoms. The monoisotopic (exact) mass is 370 g/mol. The summed E-state index contributed by atoms with van der Waals surface area (Å²) in [7, 11) is 7.06. The highest BCUT2D eigenvalue weighted by molar-refractivity contribution is 9.05. The number of hydrogen-bond acceptors (Lipinski definition) is 8. The molecule has 0 saturated carbocycles. The van der Waals surface area contributed by atoms with Crippen LogP contribution in [-0.4, -0.2) is 33.5 Å². The average Bonchev–Trinajstić information content (AvgIpc) is 2.29. The van der Waals surface area contributed by atoms with E-state index in [2.05, 4.69) is 49.5 Å². The molecule has 0 aromatic rings. The Bertz CT molecular complexity index is 128. The van der Waals surface area contributed by atoms with Gasteiger partial charge in [0, 0.05) is 27.8 Å². The Morgan fingerprint density at radius 3 is 2.00 bits per heavy atom. The number of rotatable bonds is 11. The summed E-state index contributed by atoms with van der Waals surface area (Å²) in [6, 6.07) is 0. The predicted molar refractivity (Wildman–Crippen MR) is 103 cm³/mol. The summed E-state index contributed by atoms with van der Waals surface area (Å²) < 4.78 is 0. The first-order valence-corrected chi connectivity index (χ1v) is 12.4. The fourth-order valence-electron chi connectivity index (χ4n) is 0.821. The lowest BCUT2D eigenvalue weighted by Gasteiger charge is -2.10. The van der Waals surface area contributed by atoms with Crippen LogP contribution in [0, 0.1) is 0 Å². The largest absolute Gasteiger partial charge is 0.179 e. The zero-order chi connectivity index (χ0) is 12.2. The number of thiol groups is 4. The molecule has 16 heavy (non-hydrogen) atoms. The van der Waals surface area contributed by atoms with Crippen LogP contribution < -0.4 is 0 Å². The smallest absolute Gasteiger partial charge is 0.0215 e. The third kappa shape index (κ3) is 13.2. The Morgan fingerprint density at radius 2 is 1.44 bits per heavy atom. The van der Waals surface area contributed by atoms with Crippen LogP contribution in [0.15, 0.2) is 0 Å². The van der Waals surface area contributed by atoms with Gasteiger partial charge in [0.05, 0.1) is 0 Å². The minimum atomic E-state index is 0.456. The van der Waals surface area contributed by atoms with Crippen molar-refractivity contribution in [2.75, 3.05) is 23.0 Å². The van der Waals surface area contributed by atoms with Gasteiger partial charge in [0.15, 0.2) is 0 Å². The zero-order valence-corrected chi connectivity index (χ0v) is 15.7. The van der Waals surface area contributed by atoms with Gasteiger partial charge < -0.3 is 0 Å². The van der Waals surface area contributed by atoms with Crippen molar-refractivity contribution in [2.24, 2.45) is 0 Å². The maximum absolute atomic E-state index is 4.54. The SMILES string of the molecule is SCCCC(S)CSSCC(S)CSSS. The lowest BCUT2D eigenvalue weighted by Crippen LogP contribution is -2.05. The van der Waals surface area contributed by atoms with Gasteiger partial charge in [-0.05, 0) is 28.4 Å². The second-order valence-corrected chi connectivity index (χ2v) is 10.8. The van der Waals surface area contributed by atoms with Gasteiger partial charge in [-0.25, -0.2) is 0 Å². The van der Waals surface area contributed by atoms with Crippen LogP contribution in [-0.2, 0) is 0 Å². The molecular formula is C8H18S8. The minimum Gasteiger partial charge on any atom is -0.179 e. The van der Waals surface area contributed by atoms with Crippen molar-refractivity contribution in [3.63, 3.8) is 0 Å². The van der Waals surface area contributed by atoms with Gasteiger partial charge >= 0.3 is 0 Å². The van der Waals surface area contributed by atoms with Crippen LogP contribution in [0.3, 0.4) is 0 Å². The fraction of sp³-hybridized carbons (Fsp3) is 1.00. The van der Waals surface area contributed by atoms with Crippen molar-refractivity contribution in [1.29, 1.82) is 0 Å². The maximum atomic E-state index is 4.54. The highest BCUT2D eigenvalue weighted by Gasteiger charge is 2.06. The van der Waals surface area contributed by atoms with Crippen LogP contribution in [0.4, 0.5) is 0 Å². The van der Waals surface area contributed by atoms with Crippen LogP contribution in [0.2, 0.25) is 0 Å². The van der Waals surface area contributed by atoms with Gasteiger partial charge in [-0.3, -0.25) is 0 Å². The number of hydrogen-bond donors (Lipinski definition) is 4. The quantitative estimate of drug-likeness (QED) is 0.232. The molecule has 0 rings (SSSR count). The molecule has 0 nitrogen and oxygen atoms in total. The van der Waals surface area contributed by atoms with E-state index in [-0.39, 0.29) is 0 Å². The summed E-state index contributed by atoms with van der Waals surface area (Å²) in [6.07, 6.45) is 2.32. The van der Waals surface area contributed by atoms with Crippen molar-refractivity contribution in [3.8, 4) is 0 Å². The molecule has 2 unspecified atom stereocenters. The molecule has 0 aliphatic heterocycles. The lowest BCUT2D eigenvalue weighted by molar-refractivity contribution is 0.807. The van der Waals surface area contributed by atoms with Crippen LogP contribution in [0.25, 0.3) is 0 Å². The highest BCUT2D eigenvalue weighted by atomic mass is 33.5. The van der Waals surface area contributed by atoms with Crippen molar-refractivity contribution in [1.82, 2.24) is 0 Å². The normalized spacial score (nSPS) is 15.0. The molecule has 0 spiro atoms. The first-order chi connectivity index (χ1) is 7.70.